The van der Waals surface area contributed by atoms with Gasteiger partial charge in [-0.15, -0.1) is 0 Å². The van der Waals surface area contributed by atoms with E-state index in [1.54, 1.807) is 24.3 Å². The Morgan fingerprint density at radius 2 is 1.80 bits per heavy atom. The third-order valence-electron chi connectivity index (χ3n) is 5.12. The Bertz CT molecular complexity index is 595. The molecule has 2 amide bonds. The van der Waals surface area contributed by atoms with E-state index in [9.17, 15) is 9.59 Å². The standard InChI is InChI=1S/C20H29ClN2O2/c1-4-14-9-11-15(12-10-14)22-20(25)18(13(2)3)23-19(24)16-7-5-6-8-17(16)21/h5-8,13-15,18H,4,9-12H2,1-3H3,(H,22,25)(H,23,24). The monoisotopic (exact) mass is 364 g/mol. The number of rotatable bonds is 6. The smallest absolute Gasteiger partial charge is 0.253 e. The fourth-order valence-corrected chi connectivity index (χ4v) is 3.63. The zero-order chi connectivity index (χ0) is 18.4. The van der Waals surface area contributed by atoms with Gasteiger partial charge in [0.1, 0.15) is 6.04 Å². The van der Waals surface area contributed by atoms with E-state index in [1.807, 2.05) is 13.8 Å². The van der Waals surface area contributed by atoms with Gasteiger partial charge in [-0.1, -0.05) is 50.9 Å². The molecule has 1 unspecified atom stereocenters. The molecule has 1 atom stereocenters. The quantitative estimate of drug-likeness (QED) is 0.795. The first-order valence-corrected chi connectivity index (χ1v) is 9.65. The van der Waals surface area contributed by atoms with Gasteiger partial charge in [-0.05, 0) is 49.7 Å². The van der Waals surface area contributed by atoms with Gasteiger partial charge < -0.3 is 10.6 Å². The molecule has 0 heterocycles. The Labute approximate surface area is 155 Å². The Hall–Kier alpha value is -1.55. The van der Waals surface area contributed by atoms with E-state index >= 15 is 0 Å². The van der Waals surface area contributed by atoms with Crippen molar-refractivity contribution in [2.24, 2.45) is 11.8 Å². The minimum absolute atomic E-state index is 0.00146. The molecule has 0 spiro atoms. The topological polar surface area (TPSA) is 58.2 Å². The molecule has 0 aromatic heterocycles. The van der Waals surface area contributed by atoms with E-state index in [-0.39, 0.29) is 23.8 Å². The van der Waals surface area contributed by atoms with Crippen LogP contribution in [0.2, 0.25) is 5.02 Å². The molecule has 138 valence electrons. The minimum atomic E-state index is -0.562. The molecule has 1 aliphatic rings. The van der Waals surface area contributed by atoms with Crippen LogP contribution in [-0.2, 0) is 4.79 Å². The average molecular weight is 365 g/mol. The summed E-state index contributed by atoms with van der Waals surface area (Å²) in [5, 5.41) is 6.37. The van der Waals surface area contributed by atoms with Crippen LogP contribution in [0.1, 0.15) is 63.2 Å². The number of hydrogen-bond acceptors (Lipinski definition) is 2. The summed E-state index contributed by atoms with van der Waals surface area (Å²) >= 11 is 6.08. The maximum absolute atomic E-state index is 12.7. The van der Waals surface area contributed by atoms with Gasteiger partial charge in [0.15, 0.2) is 0 Å². The van der Waals surface area contributed by atoms with E-state index in [2.05, 4.69) is 17.6 Å². The fraction of sp³-hybridized carbons (Fsp3) is 0.600. The molecular formula is C20H29ClN2O2. The number of carbonyl (C=O) groups excluding carboxylic acids is 2. The lowest BCUT2D eigenvalue weighted by molar-refractivity contribution is -0.124. The van der Waals surface area contributed by atoms with Gasteiger partial charge in [-0.2, -0.15) is 0 Å². The van der Waals surface area contributed by atoms with Crippen LogP contribution in [0.25, 0.3) is 0 Å². The third kappa shape index (κ3) is 5.46. The molecular weight excluding hydrogens is 336 g/mol. The van der Waals surface area contributed by atoms with Crippen LogP contribution in [-0.4, -0.2) is 23.9 Å². The van der Waals surface area contributed by atoms with Crippen LogP contribution < -0.4 is 10.6 Å². The molecule has 4 nitrogen and oxygen atoms in total. The summed E-state index contributed by atoms with van der Waals surface area (Å²) in [6, 6.07) is 6.53. The molecule has 25 heavy (non-hydrogen) atoms. The Balaban J connectivity index is 1.97. The lowest BCUT2D eigenvalue weighted by Gasteiger charge is -2.30. The van der Waals surface area contributed by atoms with Crippen LogP contribution in [0, 0.1) is 11.8 Å². The highest BCUT2D eigenvalue weighted by Crippen LogP contribution is 2.26. The average Bonchev–Trinajstić information content (AvgIpc) is 2.60. The molecule has 1 saturated carbocycles. The van der Waals surface area contributed by atoms with E-state index in [0.717, 1.165) is 18.8 Å². The molecule has 0 radical (unpaired) electrons. The highest BCUT2D eigenvalue weighted by molar-refractivity contribution is 6.33. The maximum Gasteiger partial charge on any atom is 0.253 e. The van der Waals surface area contributed by atoms with Crippen molar-refractivity contribution in [1.82, 2.24) is 10.6 Å². The second-order valence-electron chi connectivity index (χ2n) is 7.31. The molecule has 0 bridgehead atoms. The maximum atomic E-state index is 12.7. The SMILES string of the molecule is CCC1CCC(NC(=O)C(NC(=O)c2ccccc2Cl)C(C)C)CC1. The first-order valence-electron chi connectivity index (χ1n) is 9.28. The largest absolute Gasteiger partial charge is 0.352 e. The van der Waals surface area contributed by atoms with Crippen LogP contribution in [0.3, 0.4) is 0 Å². The van der Waals surface area contributed by atoms with Crippen molar-refractivity contribution in [1.29, 1.82) is 0 Å². The first kappa shape index (κ1) is 19.8. The summed E-state index contributed by atoms with van der Waals surface area (Å²) in [6.45, 7) is 6.10. The zero-order valence-corrected chi connectivity index (χ0v) is 16.1. The van der Waals surface area contributed by atoms with Gasteiger partial charge in [-0.25, -0.2) is 0 Å². The molecule has 2 rings (SSSR count). The van der Waals surface area contributed by atoms with Gasteiger partial charge in [-0.3, -0.25) is 9.59 Å². The second-order valence-corrected chi connectivity index (χ2v) is 7.72. The molecule has 5 heteroatoms. The van der Waals surface area contributed by atoms with Gasteiger partial charge in [0, 0.05) is 6.04 Å². The summed E-state index contributed by atoms with van der Waals surface area (Å²) in [5.41, 5.74) is 0.395. The first-order chi connectivity index (χ1) is 11.9. The van der Waals surface area contributed by atoms with Gasteiger partial charge in [0.25, 0.3) is 5.91 Å². The fourth-order valence-electron chi connectivity index (χ4n) is 3.41. The second kappa shape index (κ2) is 9.23. The highest BCUT2D eigenvalue weighted by atomic mass is 35.5. The molecule has 2 N–H and O–H groups in total. The number of halogens is 1. The van der Waals surface area contributed by atoms with Crippen LogP contribution >= 0.6 is 11.6 Å². The van der Waals surface area contributed by atoms with Gasteiger partial charge in [0.2, 0.25) is 5.91 Å². The van der Waals surface area contributed by atoms with Gasteiger partial charge >= 0.3 is 0 Å². The van der Waals surface area contributed by atoms with Crippen LogP contribution in [0.15, 0.2) is 24.3 Å². The van der Waals surface area contributed by atoms with Crippen molar-refractivity contribution in [2.75, 3.05) is 0 Å². The third-order valence-corrected chi connectivity index (χ3v) is 5.45. The minimum Gasteiger partial charge on any atom is -0.352 e. The van der Waals surface area contributed by atoms with Crippen molar-refractivity contribution in [3.63, 3.8) is 0 Å². The van der Waals surface area contributed by atoms with Crippen molar-refractivity contribution >= 4 is 23.4 Å². The lowest BCUT2D eigenvalue weighted by atomic mass is 9.84. The Morgan fingerprint density at radius 1 is 1.16 bits per heavy atom. The van der Waals surface area contributed by atoms with Crippen LogP contribution in [0.4, 0.5) is 0 Å². The summed E-state index contributed by atoms with van der Waals surface area (Å²) in [5.74, 6) is 0.372. The molecule has 0 aliphatic heterocycles. The Kier molecular flexibility index (Phi) is 7.30. The highest BCUT2D eigenvalue weighted by Gasteiger charge is 2.28. The predicted octanol–water partition coefficient (Wildman–Crippen LogP) is 4.18. The van der Waals surface area contributed by atoms with E-state index in [4.69, 9.17) is 11.6 Å². The molecule has 1 aromatic carbocycles. The lowest BCUT2D eigenvalue weighted by Crippen LogP contribution is -2.52. The number of hydrogen-bond donors (Lipinski definition) is 2. The number of nitrogens with one attached hydrogen (secondary N) is 2. The van der Waals surface area contributed by atoms with E-state index in [0.29, 0.717) is 10.6 Å². The summed E-state index contributed by atoms with van der Waals surface area (Å²) < 4.78 is 0. The molecule has 1 aliphatic carbocycles. The molecule has 0 saturated heterocycles. The van der Waals surface area contributed by atoms with E-state index < -0.39 is 6.04 Å². The number of carbonyl (C=O) groups is 2. The molecule has 1 fully saturated rings. The number of benzene rings is 1. The normalized spacial score (nSPS) is 21.6. The van der Waals surface area contributed by atoms with Crippen LogP contribution in [0.5, 0.6) is 0 Å². The summed E-state index contributed by atoms with van der Waals surface area (Å²) in [7, 11) is 0. The van der Waals surface area contributed by atoms with Gasteiger partial charge in [0.05, 0.1) is 10.6 Å². The summed E-state index contributed by atoms with van der Waals surface area (Å²) in [6.07, 6.45) is 5.59. The summed E-state index contributed by atoms with van der Waals surface area (Å²) in [4.78, 5) is 25.2. The van der Waals surface area contributed by atoms with E-state index in [1.165, 1.54) is 19.3 Å². The van der Waals surface area contributed by atoms with Crippen molar-refractivity contribution in [2.45, 2.75) is 65.0 Å². The molecule has 1 aromatic rings. The Morgan fingerprint density at radius 3 is 2.36 bits per heavy atom. The van der Waals surface area contributed by atoms with Crippen molar-refractivity contribution < 1.29 is 9.59 Å². The number of amides is 2. The zero-order valence-electron chi connectivity index (χ0n) is 15.3. The predicted molar refractivity (Wildman–Crippen MR) is 102 cm³/mol. The van der Waals surface area contributed by atoms with Crippen molar-refractivity contribution in [3.05, 3.63) is 34.9 Å². The van der Waals surface area contributed by atoms with Crippen molar-refractivity contribution in [3.8, 4) is 0 Å².